The van der Waals surface area contributed by atoms with E-state index in [0.717, 1.165) is 17.0 Å². The fourth-order valence-corrected chi connectivity index (χ4v) is 2.27. The zero-order chi connectivity index (χ0) is 18.2. The van der Waals surface area contributed by atoms with E-state index >= 15 is 0 Å². The first-order chi connectivity index (χ1) is 12.0. The van der Waals surface area contributed by atoms with Gasteiger partial charge in [-0.2, -0.15) is 10.2 Å². The van der Waals surface area contributed by atoms with Gasteiger partial charge in [-0.3, -0.25) is 9.89 Å². The van der Waals surface area contributed by atoms with Gasteiger partial charge in [-0.25, -0.2) is 10.2 Å². The van der Waals surface area contributed by atoms with Crippen molar-refractivity contribution in [3.63, 3.8) is 0 Å². The molecule has 8 nitrogen and oxygen atoms in total. The van der Waals surface area contributed by atoms with Gasteiger partial charge >= 0.3 is 5.97 Å². The lowest BCUT2D eigenvalue weighted by atomic mass is 10.1. The van der Waals surface area contributed by atoms with Gasteiger partial charge in [-0.15, -0.1) is 0 Å². The Morgan fingerprint density at radius 2 is 2.12 bits per heavy atom. The van der Waals surface area contributed by atoms with Crippen molar-refractivity contribution in [1.82, 2.24) is 15.6 Å². The molecule has 2 rings (SSSR count). The van der Waals surface area contributed by atoms with Crippen molar-refractivity contribution in [3.05, 3.63) is 46.8 Å². The second-order valence-corrected chi connectivity index (χ2v) is 5.43. The van der Waals surface area contributed by atoms with E-state index in [1.54, 1.807) is 24.3 Å². The molecule has 0 aliphatic heterocycles. The van der Waals surface area contributed by atoms with Crippen LogP contribution in [0.25, 0.3) is 0 Å². The van der Waals surface area contributed by atoms with Gasteiger partial charge in [-0.05, 0) is 38.0 Å². The molecule has 0 aliphatic rings. The molecule has 0 fully saturated rings. The van der Waals surface area contributed by atoms with Crippen LogP contribution in [0.2, 0.25) is 0 Å². The molecule has 0 atom stereocenters. The van der Waals surface area contributed by atoms with Crippen LogP contribution in [-0.2, 0) is 16.0 Å². The van der Waals surface area contributed by atoms with Crippen LogP contribution < -0.4 is 10.2 Å². The molecule has 1 aromatic carbocycles. The maximum Gasteiger partial charge on any atom is 0.341 e. The number of para-hydroxylation sites is 1. The molecule has 1 aromatic heterocycles. The summed E-state index contributed by atoms with van der Waals surface area (Å²) >= 11 is 0. The number of nitrogens with zero attached hydrogens (tertiary/aromatic N) is 2. The van der Waals surface area contributed by atoms with Gasteiger partial charge in [0, 0.05) is 17.7 Å². The molecule has 25 heavy (non-hydrogen) atoms. The summed E-state index contributed by atoms with van der Waals surface area (Å²) in [5.74, 6) is -0.905. The molecule has 0 saturated carbocycles. The summed E-state index contributed by atoms with van der Waals surface area (Å²) in [5.41, 5.74) is 5.91. The molecule has 0 radical (unpaired) electrons. The number of carboxylic acid groups (broad SMARTS) is 1. The van der Waals surface area contributed by atoms with Gasteiger partial charge in [-0.1, -0.05) is 12.1 Å². The number of ether oxygens (including phenoxy) is 1. The molecule has 2 aromatic rings. The minimum absolute atomic E-state index is 0.222. The average Bonchev–Trinajstić information content (AvgIpc) is 2.90. The topological polar surface area (TPSA) is 117 Å². The molecule has 0 bridgehead atoms. The molecular weight excluding hydrogens is 324 g/mol. The number of aromatic amines is 1. The minimum Gasteiger partial charge on any atom is -0.481 e. The van der Waals surface area contributed by atoms with Crippen LogP contribution in [0.15, 0.2) is 29.4 Å². The number of carbonyl (C=O) groups excluding carboxylic acids is 1. The first-order valence-corrected chi connectivity index (χ1v) is 7.73. The van der Waals surface area contributed by atoms with Gasteiger partial charge in [0.15, 0.2) is 6.61 Å². The molecule has 1 amide bonds. The van der Waals surface area contributed by atoms with E-state index in [9.17, 15) is 9.59 Å². The summed E-state index contributed by atoms with van der Waals surface area (Å²) in [6.45, 7) is 3.36. The number of rotatable bonds is 8. The van der Waals surface area contributed by atoms with Crippen LogP contribution in [0.4, 0.5) is 0 Å². The molecule has 0 spiro atoms. The molecule has 3 N–H and O–H groups in total. The Labute approximate surface area is 144 Å². The lowest BCUT2D eigenvalue weighted by Gasteiger charge is -2.06. The Bertz CT molecular complexity index is 763. The third kappa shape index (κ3) is 5.45. The van der Waals surface area contributed by atoms with Crippen LogP contribution in [0.5, 0.6) is 5.75 Å². The number of H-pyrrole nitrogens is 1. The predicted molar refractivity (Wildman–Crippen MR) is 91.7 cm³/mol. The number of amides is 1. The third-order valence-corrected chi connectivity index (χ3v) is 3.55. The number of aryl methyl sites for hydroxylation is 2. The maximum atomic E-state index is 11.9. The van der Waals surface area contributed by atoms with Crippen LogP contribution in [0, 0.1) is 13.8 Å². The number of hydrazone groups is 1. The highest BCUT2D eigenvalue weighted by atomic mass is 16.5. The smallest absolute Gasteiger partial charge is 0.341 e. The number of carboxylic acids is 1. The van der Waals surface area contributed by atoms with Gasteiger partial charge in [0.2, 0.25) is 5.91 Å². The number of carbonyl (C=O) groups is 2. The van der Waals surface area contributed by atoms with Crippen molar-refractivity contribution < 1.29 is 19.4 Å². The fraction of sp³-hybridized carbons (Fsp3) is 0.294. The highest BCUT2D eigenvalue weighted by molar-refractivity contribution is 5.85. The first kappa shape index (κ1) is 18.2. The van der Waals surface area contributed by atoms with Crippen LogP contribution in [0.1, 0.15) is 28.9 Å². The lowest BCUT2D eigenvalue weighted by molar-refractivity contribution is -0.139. The highest BCUT2D eigenvalue weighted by Crippen LogP contribution is 2.15. The maximum absolute atomic E-state index is 11.9. The molecule has 1 heterocycles. The second kappa shape index (κ2) is 8.62. The van der Waals surface area contributed by atoms with Crippen LogP contribution in [0.3, 0.4) is 0 Å². The van der Waals surface area contributed by atoms with Gasteiger partial charge < -0.3 is 9.84 Å². The van der Waals surface area contributed by atoms with Gasteiger partial charge in [0.1, 0.15) is 5.75 Å². The summed E-state index contributed by atoms with van der Waals surface area (Å²) in [7, 11) is 0. The largest absolute Gasteiger partial charge is 0.481 e. The number of benzene rings is 1. The van der Waals surface area contributed by atoms with E-state index in [1.165, 1.54) is 6.21 Å². The molecule has 8 heteroatoms. The summed E-state index contributed by atoms with van der Waals surface area (Å²) in [6, 6.07) is 6.84. The summed E-state index contributed by atoms with van der Waals surface area (Å²) in [5, 5.41) is 19.5. The van der Waals surface area contributed by atoms with E-state index in [-0.39, 0.29) is 12.3 Å². The predicted octanol–water partition coefficient (Wildman–Crippen LogP) is 1.57. The Morgan fingerprint density at radius 3 is 2.80 bits per heavy atom. The molecule has 132 valence electrons. The summed E-state index contributed by atoms with van der Waals surface area (Å²) in [4.78, 5) is 22.5. The van der Waals surface area contributed by atoms with E-state index in [0.29, 0.717) is 17.7 Å². The lowest BCUT2D eigenvalue weighted by Crippen LogP contribution is -2.18. The average molecular weight is 344 g/mol. The van der Waals surface area contributed by atoms with E-state index in [2.05, 4.69) is 20.7 Å². The summed E-state index contributed by atoms with van der Waals surface area (Å²) in [6.07, 6.45) is 2.28. The van der Waals surface area contributed by atoms with Crippen LogP contribution in [-0.4, -0.2) is 40.0 Å². The number of hydrogen-bond donors (Lipinski definition) is 3. The summed E-state index contributed by atoms with van der Waals surface area (Å²) < 4.78 is 5.16. The Balaban J connectivity index is 1.88. The van der Waals surface area contributed by atoms with Crippen molar-refractivity contribution in [1.29, 1.82) is 0 Å². The van der Waals surface area contributed by atoms with E-state index in [1.807, 2.05) is 13.8 Å². The number of aromatic nitrogens is 2. The number of hydrogen-bond acceptors (Lipinski definition) is 5. The quantitative estimate of drug-likeness (QED) is 0.496. The van der Waals surface area contributed by atoms with Gasteiger partial charge in [0.25, 0.3) is 0 Å². The van der Waals surface area contributed by atoms with Crippen LogP contribution >= 0.6 is 0 Å². The molecule has 0 saturated heterocycles. The van der Waals surface area contributed by atoms with Crippen molar-refractivity contribution >= 4 is 18.1 Å². The second-order valence-electron chi connectivity index (χ2n) is 5.43. The Kier molecular flexibility index (Phi) is 6.27. The van der Waals surface area contributed by atoms with Crippen molar-refractivity contribution in [2.24, 2.45) is 5.10 Å². The Morgan fingerprint density at radius 1 is 1.36 bits per heavy atom. The van der Waals surface area contributed by atoms with Crippen molar-refractivity contribution in [2.75, 3.05) is 6.61 Å². The first-order valence-electron chi connectivity index (χ1n) is 7.73. The van der Waals surface area contributed by atoms with Gasteiger partial charge in [0.05, 0.1) is 11.9 Å². The third-order valence-electron chi connectivity index (χ3n) is 3.55. The standard InChI is InChI=1S/C17H20N4O4/c1-11-14(12(2)20-19-11)7-8-16(22)21-18-9-13-5-3-4-6-15(13)25-10-17(23)24/h3-6,9H,7-8,10H2,1-2H3,(H,19,20)(H,21,22)(H,23,24). The Hall–Kier alpha value is -3.16. The monoisotopic (exact) mass is 344 g/mol. The molecule has 0 aliphatic carbocycles. The number of aliphatic carboxylic acids is 1. The number of nitrogens with one attached hydrogen (secondary N) is 2. The van der Waals surface area contributed by atoms with E-state index < -0.39 is 12.6 Å². The SMILES string of the molecule is Cc1n[nH]c(C)c1CCC(=O)NN=Cc1ccccc1OCC(=O)O. The van der Waals surface area contributed by atoms with Crippen molar-refractivity contribution in [3.8, 4) is 5.75 Å². The molecule has 0 unspecified atom stereocenters. The fourth-order valence-electron chi connectivity index (χ4n) is 2.27. The normalized spacial score (nSPS) is 10.8. The van der Waals surface area contributed by atoms with E-state index in [4.69, 9.17) is 9.84 Å². The zero-order valence-electron chi connectivity index (χ0n) is 14.1. The minimum atomic E-state index is -1.06. The zero-order valence-corrected chi connectivity index (χ0v) is 14.1. The highest BCUT2D eigenvalue weighted by Gasteiger charge is 2.09. The molecular formula is C17H20N4O4. The van der Waals surface area contributed by atoms with Crippen molar-refractivity contribution in [2.45, 2.75) is 26.7 Å².